The first-order valence-corrected chi connectivity index (χ1v) is 12.0. The van der Waals surface area contributed by atoms with Crippen LogP contribution in [0, 0.1) is 6.42 Å². The molecule has 1 rings (SSSR count). The van der Waals surface area contributed by atoms with Crippen LogP contribution in [0.25, 0.3) is 0 Å². The van der Waals surface area contributed by atoms with Gasteiger partial charge < -0.3 is 0 Å². The Labute approximate surface area is 233 Å². The van der Waals surface area contributed by atoms with Gasteiger partial charge in [0.1, 0.15) is 0 Å². The predicted octanol–water partition coefficient (Wildman–Crippen LogP) is 10.6. The number of rotatable bonds is 5. The normalized spacial score (nSPS) is 15.1. The van der Waals surface area contributed by atoms with Gasteiger partial charge in [0.15, 0.2) is 8.67 Å². The first-order valence-electron chi connectivity index (χ1n) is 6.75. The van der Waals surface area contributed by atoms with Gasteiger partial charge in [-0.1, -0.05) is 181 Å². The summed E-state index contributed by atoms with van der Waals surface area (Å²) in [4.78, 5) is 0. The van der Waals surface area contributed by atoms with Gasteiger partial charge in [-0.05, 0) is 29.2 Å². The Morgan fingerprint density at radius 1 is 0.607 bits per heavy atom. The van der Waals surface area contributed by atoms with Crippen LogP contribution >= 0.6 is 162 Å². The Hall–Kier alpha value is 3.28. The molecular weight excluding hydrogens is 664 g/mol. The van der Waals surface area contributed by atoms with Gasteiger partial charge in [0.05, 0.1) is 0 Å². The summed E-state index contributed by atoms with van der Waals surface area (Å²) in [5.74, 6) is 0. The van der Waals surface area contributed by atoms with Crippen LogP contribution < -0.4 is 0 Å². The van der Waals surface area contributed by atoms with E-state index in [1.165, 1.54) is 18.2 Å². The summed E-state index contributed by atoms with van der Waals surface area (Å²) in [5.41, 5.74) is 0.583. The summed E-state index contributed by atoms with van der Waals surface area (Å²) >= 11 is 85.4. The molecule has 0 aliphatic carbocycles. The summed E-state index contributed by atoms with van der Waals surface area (Å²) < 4.78 is -13.5. The lowest BCUT2D eigenvalue weighted by atomic mass is 9.95. The third kappa shape index (κ3) is 5.33. The fraction of sp³-hybridized carbons (Fsp3) is 0.500. The molecule has 0 atom stereocenters. The van der Waals surface area contributed by atoms with Gasteiger partial charge in [-0.3, -0.25) is 0 Å². The molecule has 0 spiro atoms. The fourth-order valence-corrected chi connectivity index (χ4v) is 4.96. The van der Waals surface area contributed by atoms with Gasteiger partial charge in [0, 0.05) is 0 Å². The molecule has 0 bridgehead atoms. The Kier molecular flexibility index (Phi) is 9.94. The first kappa shape index (κ1) is 29.3. The van der Waals surface area contributed by atoms with Crippen LogP contribution in [0.1, 0.15) is 23.6 Å². The standard InChI is InChI=1S/C14H7Cl14/c1-2-6-3-4-7(9(15,16)11(19,20)13(23,24)25)5-8(6)10(17,18)12(21,22)14(26,27)28/h2-5H,1H3. The van der Waals surface area contributed by atoms with Gasteiger partial charge in [-0.15, -0.1) is 0 Å². The van der Waals surface area contributed by atoms with E-state index in [1.807, 2.05) is 0 Å². The Morgan fingerprint density at radius 2 is 1.00 bits per heavy atom. The van der Waals surface area contributed by atoms with Gasteiger partial charge >= 0.3 is 0 Å². The molecule has 0 amide bonds. The zero-order valence-corrected chi connectivity index (χ0v) is 23.7. The molecule has 28 heavy (non-hydrogen) atoms. The van der Waals surface area contributed by atoms with E-state index in [-0.39, 0.29) is 11.1 Å². The van der Waals surface area contributed by atoms with Crippen LogP contribution in [0.15, 0.2) is 18.2 Å². The molecule has 1 aromatic rings. The highest BCUT2D eigenvalue weighted by atomic mass is 35.6. The monoisotopic (exact) mass is 665 g/mol. The summed E-state index contributed by atoms with van der Waals surface area (Å²) in [6.07, 6.45) is 1.63. The highest BCUT2D eigenvalue weighted by molar-refractivity contribution is 6.79. The van der Waals surface area contributed by atoms with Crippen molar-refractivity contribution in [1.29, 1.82) is 0 Å². The van der Waals surface area contributed by atoms with Crippen LogP contribution in [0.2, 0.25) is 0 Å². The van der Waals surface area contributed by atoms with Crippen LogP contribution in [0.5, 0.6) is 0 Å². The van der Waals surface area contributed by atoms with E-state index in [2.05, 4.69) is 0 Å². The molecule has 0 unspecified atom stereocenters. The average Bonchev–Trinajstić information content (AvgIpc) is 2.51. The van der Waals surface area contributed by atoms with Crippen molar-refractivity contribution in [1.82, 2.24) is 0 Å². The van der Waals surface area contributed by atoms with Crippen molar-refractivity contribution in [3.63, 3.8) is 0 Å². The summed E-state index contributed by atoms with van der Waals surface area (Å²) in [6.45, 7) is 1.69. The fourth-order valence-electron chi connectivity index (χ4n) is 1.98. The minimum atomic E-state index is -2.32. The third-order valence-electron chi connectivity index (χ3n) is 3.57. The van der Waals surface area contributed by atoms with Crippen molar-refractivity contribution < 1.29 is 0 Å². The highest BCUT2D eigenvalue weighted by Gasteiger charge is 2.63. The lowest BCUT2D eigenvalue weighted by Crippen LogP contribution is -2.46. The van der Waals surface area contributed by atoms with Crippen LogP contribution in [0.3, 0.4) is 0 Å². The third-order valence-corrected chi connectivity index (χ3v) is 11.4. The minimum Gasteiger partial charge on any atom is -0.0930 e. The average molecular weight is 672 g/mol. The van der Waals surface area contributed by atoms with Crippen molar-refractivity contribution in [3.05, 3.63) is 41.3 Å². The molecule has 0 N–H and O–H groups in total. The number of halogens is 14. The Balaban J connectivity index is 3.75. The number of alkyl halides is 14. The Morgan fingerprint density at radius 3 is 1.36 bits per heavy atom. The molecule has 0 aliphatic rings. The maximum absolute atomic E-state index is 6.45. The van der Waals surface area contributed by atoms with Crippen molar-refractivity contribution in [2.45, 2.75) is 31.8 Å². The van der Waals surface area contributed by atoms with Crippen molar-refractivity contribution in [2.75, 3.05) is 0 Å². The summed E-state index contributed by atoms with van der Waals surface area (Å²) in [5, 5.41) is 0. The second kappa shape index (κ2) is 9.50. The van der Waals surface area contributed by atoms with Gasteiger partial charge in [0.25, 0.3) is 0 Å². The maximum atomic E-state index is 6.45. The van der Waals surface area contributed by atoms with E-state index >= 15 is 0 Å². The van der Waals surface area contributed by atoms with Gasteiger partial charge in [-0.25, -0.2) is 0 Å². The first-order chi connectivity index (χ1) is 12.2. The van der Waals surface area contributed by atoms with Gasteiger partial charge in [0.2, 0.25) is 16.3 Å². The number of hydrogen-bond donors (Lipinski definition) is 0. The molecule has 0 nitrogen and oxygen atoms in total. The van der Waals surface area contributed by atoms with E-state index in [9.17, 15) is 0 Å². The maximum Gasteiger partial charge on any atom is 0.226 e. The molecule has 0 fully saturated rings. The van der Waals surface area contributed by atoms with Gasteiger partial charge in [-0.2, -0.15) is 0 Å². The number of hydrogen-bond acceptors (Lipinski definition) is 0. The SMILES string of the molecule is C[CH]c1ccc(C(Cl)(Cl)C(Cl)(Cl)C(Cl)(Cl)Cl)cc1C(Cl)(Cl)C(Cl)(Cl)C(Cl)(Cl)Cl. The molecule has 1 aromatic carbocycles. The second-order valence-electron chi connectivity index (χ2n) is 5.38. The lowest BCUT2D eigenvalue weighted by molar-refractivity contribution is 0.679. The van der Waals surface area contributed by atoms with Crippen LogP contribution in [-0.4, -0.2) is 16.3 Å². The number of benzene rings is 1. The second-order valence-corrected chi connectivity index (χ2v) is 15.3. The quantitative estimate of drug-likeness (QED) is 0.274. The molecule has 0 saturated carbocycles. The smallest absolute Gasteiger partial charge is 0.0930 e. The van der Waals surface area contributed by atoms with Crippen molar-refractivity contribution in [2.24, 2.45) is 0 Å². The lowest BCUT2D eigenvalue weighted by Gasteiger charge is -2.40. The molecule has 0 aliphatic heterocycles. The molecular formula is C14H7Cl14. The van der Waals surface area contributed by atoms with E-state index in [0.717, 1.165) is 0 Å². The minimum absolute atomic E-state index is 0.0480. The van der Waals surface area contributed by atoms with Crippen LogP contribution in [-0.2, 0) is 8.67 Å². The predicted molar refractivity (Wildman–Crippen MR) is 132 cm³/mol. The largest absolute Gasteiger partial charge is 0.226 e. The molecule has 0 aromatic heterocycles. The highest BCUT2D eigenvalue weighted by Crippen LogP contribution is 2.63. The van der Waals surface area contributed by atoms with Crippen molar-refractivity contribution >= 4 is 162 Å². The van der Waals surface area contributed by atoms with E-state index < -0.39 is 24.9 Å². The summed E-state index contributed by atoms with van der Waals surface area (Å²) in [6, 6.07) is 4.29. The molecule has 0 heterocycles. The molecule has 1 radical (unpaired) electrons. The van der Waals surface area contributed by atoms with Crippen molar-refractivity contribution in [3.8, 4) is 0 Å². The zero-order valence-electron chi connectivity index (χ0n) is 13.1. The molecule has 161 valence electrons. The Bertz CT molecular complexity index is 710. The van der Waals surface area contributed by atoms with E-state index in [1.54, 1.807) is 13.3 Å². The molecule has 0 saturated heterocycles. The zero-order chi connectivity index (χ0) is 22.6. The van der Waals surface area contributed by atoms with Crippen LogP contribution in [0.4, 0.5) is 0 Å². The van der Waals surface area contributed by atoms with E-state index in [4.69, 9.17) is 162 Å². The molecule has 14 heteroatoms. The topological polar surface area (TPSA) is 0 Å². The summed E-state index contributed by atoms with van der Waals surface area (Å²) in [7, 11) is 0. The van der Waals surface area contributed by atoms with E-state index in [0.29, 0.717) is 5.56 Å².